The quantitative estimate of drug-likeness (QED) is 0.638. The summed E-state index contributed by atoms with van der Waals surface area (Å²) in [5, 5.41) is 17.0. The minimum Gasteiger partial charge on any atom is -0.336 e. The van der Waals surface area contributed by atoms with Crippen LogP contribution in [0.3, 0.4) is 0 Å². The number of fused-ring (bicyclic) bond motifs is 1. The van der Waals surface area contributed by atoms with Crippen molar-refractivity contribution in [3.8, 4) is 6.07 Å². The van der Waals surface area contributed by atoms with Crippen LogP contribution < -0.4 is 0 Å². The lowest BCUT2D eigenvalue weighted by Gasteiger charge is -2.33. The van der Waals surface area contributed by atoms with E-state index in [1.54, 1.807) is 30.0 Å². The van der Waals surface area contributed by atoms with Crippen LogP contribution in [0.5, 0.6) is 0 Å². The maximum Gasteiger partial charge on any atom is 0.416 e. The third-order valence-electron chi connectivity index (χ3n) is 5.46. The Labute approximate surface area is 170 Å². The Morgan fingerprint density at radius 2 is 1.90 bits per heavy atom. The third kappa shape index (κ3) is 3.61. The highest BCUT2D eigenvalue weighted by Gasteiger charge is 2.36. The van der Waals surface area contributed by atoms with Crippen LogP contribution >= 0.6 is 0 Å². The third-order valence-corrected chi connectivity index (χ3v) is 5.46. The lowest BCUT2D eigenvalue weighted by molar-refractivity contribution is -0.138. The number of hydrogen-bond acceptors (Lipinski definition) is 4. The molecule has 0 atom stereocenters. The van der Waals surface area contributed by atoms with Gasteiger partial charge in [0.25, 0.3) is 5.91 Å². The molecule has 1 aliphatic heterocycles. The van der Waals surface area contributed by atoms with Crippen molar-refractivity contribution in [1.82, 2.24) is 19.5 Å². The number of benzene rings is 1. The standard InChI is InChI=1S/C21H18F3N5O/c1-13-2-4-17(21(22,23)24)16(10-13)15-6-8-28(9-7-15)20(30)19-27-26-18-5-3-14(11-25)12-29(18)19/h2-5,10,12,15H,6-9H2,1H3. The fourth-order valence-corrected chi connectivity index (χ4v) is 3.92. The number of amides is 1. The van der Waals surface area contributed by atoms with Crippen molar-refractivity contribution in [3.05, 3.63) is 64.6 Å². The van der Waals surface area contributed by atoms with Crippen molar-refractivity contribution in [2.45, 2.75) is 31.9 Å². The summed E-state index contributed by atoms with van der Waals surface area (Å²) >= 11 is 0. The van der Waals surface area contributed by atoms with Crippen LogP contribution in [0.1, 0.15) is 51.6 Å². The Kier molecular flexibility index (Phi) is 4.94. The summed E-state index contributed by atoms with van der Waals surface area (Å²) in [6.45, 7) is 2.41. The van der Waals surface area contributed by atoms with Gasteiger partial charge >= 0.3 is 6.18 Å². The highest BCUT2D eigenvalue weighted by atomic mass is 19.4. The Balaban J connectivity index is 1.54. The molecule has 1 fully saturated rings. The number of piperidine rings is 1. The van der Waals surface area contributed by atoms with Gasteiger partial charge in [-0.1, -0.05) is 17.7 Å². The van der Waals surface area contributed by atoms with Crippen LogP contribution in [0.2, 0.25) is 0 Å². The Hall–Kier alpha value is -3.41. The Morgan fingerprint density at radius 3 is 2.57 bits per heavy atom. The molecular formula is C21H18F3N5O. The number of rotatable bonds is 2. The highest BCUT2D eigenvalue weighted by molar-refractivity contribution is 5.91. The smallest absolute Gasteiger partial charge is 0.336 e. The van der Waals surface area contributed by atoms with Crippen molar-refractivity contribution < 1.29 is 18.0 Å². The summed E-state index contributed by atoms with van der Waals surface area (Å²) in [6, 6.07) is 9.40. The molecule has 0 spiro atoms. The monoisotopic (exact) mass is 413 g/mol. The number of aryl methyl sites for hydroxylation is 1. The van der Waals surface area contributed by atoms with Crippen LogP contribution in [0.15, 0.2) is 36.5 Å². The summed E-state index contributed by atoms with van der Waals surface area (Å²) in [6.07, 6.45) is -2.05. The van der Waals surface area contributed by atoms with Crippen LogP contribution in [0.25, 0.3) is 5.65 Å². The number of alkyl halides is 3. The summed E-state index contributed by atoms with van der Waals surface area (Å²) in [4.78, 5) is 14.5. The second kappa shape index (κ2) is 7.44. The molecule has 0 N–H and O–H groups in total. The van der Waals surface area contributed by atoms with Crippen molar-refractivity contribution in [2.75, 3.05) is 13.1 Å². The molecule has 0 bridgehead atoms. The van der Waals surface area contributed by atoms with Gasteiger partial charge in [-0.3, -0.25) is 9.20 Å². The van der Waals surface area contributed by atoms with Gasteiger partial charge in [0.2, 0.25) is 5.82 Å². The number of carbonyl (C=O) groups is 1. The molecule has 1 aromatic carbocycles. The number of carbonyl (C=O) groups excluding carboxylic acids is 1. The van der Waals surface area contributed by atoms with Gasteiger partial charge in [0.1, 0.15) is 6.07 Å². The van der Waals surface area contributed by atoms with E-state index in [4.69, 9.17) is 5.26 Å². The maximum atomic E-state index is 13.4. The number of aromatic nitrogens is 3. The molecular weight excluding hydrogens is 395 g/mol. The van der Waals surface area contributed by atoms with E-state index in [9.17, 15) is 18.0 Å². The number of nitrogens with zero attached hydrogens (tertiary/aromatic N) is 5. The number of nitriles is 1. The predicted octanol–water partition coefficient (Wildman–Crippen LogP) is 3.95. The molecule has 0 radical (unpaired) electrons. The summed E-state index contributed by atoms with van der Waals surface area (Å²) in [5.41, 5.74) is 1.28. The van der Waals surface area contributed by atoms with Gasteiger partial charge in [-0.15, -0.1) is 10.2 Å². The van der Waals surface area contributed by atoms with Crippen LogP contribution in [0.4, 0.5) is 13.2 Å². The molecule has 3 heterocycles. The zero-order valence-corrected chi connectivity index (χ0v) is 16.1. The number of hydrogen-bond donors (Lipinski definition) is 0. The van der Waals surface area contributed by atoms with E-state index < -0.39 is 11.7 Å². The highest BCUT2D eigenvalue weighted by Crippen LogP contribution is 2.39. The second-order valence-corrected chi connectivity index (χ2v) is 7.44. The first-order valence-corrected chi connectivity index (χ1v) is 9.50. The SMILES string of the molecule is Cc1ccc(C(F)(F)F)c(C2CCN(C(=O)c3nnc4ccc(C#N)cn34)CC2)c1. The number of pyridine rings is 1. The molecule has 3 aromatic rings. The van der Waals surface area contributed by atoms with E-state index in [1.807, 2.05) is 6.07 Å². The van der Waals surface area contributed by atoms with Crippen LogP contribution in [-0.2, 0) is 6.18 Å². The van der Waals surface area contributed by atoms with Gasteiger partial charge in [0.15, 0.2) is 5.65 Å². The largest absolute Gasteiger partial charge is 0.416 e. The molecule has 1 amide bonds. The lowest BCUT2D eigenvalue weighted by atomic mass is 9.85. The van der Waals surface area contributed by atoms with E-state index in [2.05, 4.69) is 10.2 Å². The molecule has 1 aliphatic rings. The number of likely N-dealkylation sites (tertiary alicyclic amines) is 1. The minimum atomic E-state index is -4.41. The Morgan fingerprint density at radius 1 is 1.17 bits per heavy atom. The van der Waals surface area contributed by atoms with Gasteiger partial charge < -0.3 is 4.90 Å². The lowest BCUT2D eigenvalue weighted by Crippen LogP contribution is -2.39. The Bertz CT molecular complexity index is 1150. The van der Waals surface area contributed by atoms with Gasteiger partial charge in [-0.25, -0.2) is 0 Å². The first kappa shape index (κ1) is 19.9. The minimum absolute atomic E-state index is 0.0899. The molecule has 0 aliphatic carbocycles. The van der Waals surface area contributed by atoms with E-state index in [0.717, 1.165) is 11.6 Å². The van der Waals surface area contributed by atoms with Crippen molar-refractivity contribution in [1.29, 1.82) is 5.26 Å². The molecule has 30 heavy (non-hydrogen) atoms. The molecule has 0 saturated carbocycles. The summed E-state index contributed by atoms with van der Waals surface area (Å²) in [7, 11) is 0. The van der Waals surface area contributed by atoms with Gasteiger partial charge in [-0.2, -0.15) is 18.4 Å². The molecule has 1 saturated heterocycles. The van der Waals surface area contributed by atoms with Gasteiger partial charge in [0, 0.05) is 19.3 Å². The summed E-state index contributed by atoms with van der Waals surface area (Å²) in [5.74, 6) is -0.533. The van der Waals surface area contributed by atoms with Crippen molar-refractivity contribution in [3.63, 3.8) is 0 Å². The van der Waals surface area contributed by atoms with E-state index in [1.165, 1.54) is 16.7 Å². The average molecular weight is 413 g/mol. The van der Waals surface area contributed by atoms with E-state index in [-0.39, 0.29) is 17.6 Å². The van der Waals surface area contributed by atoms with Crippen LogP contribution in [0, 0.1) is 18.3 Å². The number of halogens is 3. The predicted molar refractivity (Wildman–Crippen MR) is 102 cm³/mol. The normalized spacial score (nSPS) is 15.4. The fraction of sp³-hybridized carbons (Fsp3) is 0.333. The zero-order valence-electron chi connectivity index (χ0n) is 16.1. The zero-order chi connectivity index (χ0) is 21.5. The molecule has 2 aromatic heterocycles. The first-order valence-electron chi connectivity index (χ1n) is 9.50. The first-order chi connectivity index (χ1) is 14.3. The average Bonchev–Trinajstić information content (AvgIpc) is 3.15. The van der Waals surface area contributed by atoms with Crippen LogP contribution in [-0.4, -0.2) is 38.5 Å². The van der Waals surface area contributed by atoms with Gasteiger partial charge in [0.05, 0.1) is 11.1 Å². The molecule has 4 rings (SSSR count). The summed E-state index contributed by atoms with van der Waals surface area (Å²) < 4.78 is 41.8. The molecule has 6 nitrogen and oxygen atoms in total. The second-order valence-electron chi connectivity index (χ2n) is 7.44. The van der Waals surface area contributed by atoms with Crippen molar-refractivity contribution >= 4 is 11.6 Å². The molecule has 154 valence electrons. The molecule has 9 heteroatoms. The fourth-order valence-electron chi connectivity index (χ4n) is 3.92. The van der Waals surface area contributed by atoms with Gasteiger partial charge in [-0.05, 0) is 49.4 Å². The molecule has 0 unspecified atom stereocenters. The topological polar surface area (TPSA) is 74.3 Å². The van der Waals surface area contributed by atoms with E-state index >= 15 is 0 Å². The maximum absolute atomic E-state index is 13.4. The van der Waals surface area contributed by atoms with Crippen molar-refractivity contribution in [2.24, 2.45) is 0 Å². The van der Waals surface area contributed by atoms with E-state index in [0.29, 0.717) is 42.7 Å².